The molecule has 0 spiro atoms. The van der Waals surface area contributed by atoms with Gasteiger partial charge in [0.25, 0.3) is 0 Å². The first-order valence-corrected chi connectivity index (χ1v) is 8.44. The Morgan fingerprint density at radius 1 is 1.39 bits per heavy atom. The van der Waals surface area contributed by atoms with E-state index in [0.29, 0.717) is 18.9 Å². The van der Waals surface area contributed by atoms with Crippen LogP contribution in [-0.4, -0.2) is 48.2 Å². The molecule has 1 aliphatic rings. The van der Waals surface area contributed by atoms with Crippen LogP contribution in [0.2, 0.25) is 0 Å². The van der Waals surface area contributed by atoms with E-state index in [2.05, 4.69) is 29.1 Å². The lowest BCUT2D eigenvalue weighted by molar-refractivity contribution is 0.182. The standard InChI is InChI=1S/C18H29N3O.HI/c1-3-19-18(21-11-7-8-15(2)14-21)20-13-17(22)12-16-9-5-4-6-10-16;/h4-6,9-10,15,17,22H,3,7-8,11-14H2,1-2H3,(H,19,20);1H. The molecule has 2 atom stereocenters. The first kappa shape index (κ1) is 20.2. The van der Waals surface area contributed by atoms with E-state index in [1.807, 2.05) is 30.3 Å². The van der Waals surface area contributed by atoms with E-state index >= 15 is 0 Å². The summed E-state index contributed by atoms with van der Waals surface area (Å²) in [5.41, 5.74) is 1.15. The van der Waals surface area contributed by atoms with Crippen molar-refractivity contribution in [1.29, 1.82) is 0 Å². The van der Waals surface area contributed by atoms with Crippen LogP contribution in [0.4, 0.5) is 0 Å². The van der Waals surface area contributed by atoms with Gasteiger partial charge in [-0.2, -0.15) is 0 Å². The van der Waals surface area contributed by atoms with E-state index in [0.717, 1.165) is 31.2 Å². The molecule has 1 heterocycles. The van der Waals surface area contributed by atoms with Crippen molar-refractivity contribution in [2.24, 2.45) is 10.9 Å². The lowest BCUT2D eigenvalue weighted by Crippen LogP contribution is -2.46. The summed E-state index contributed by atoms with van der Waals surface area (Å²) < 4.78 is 0. The number of nitrogens with one attached hydrogen (secondary N) is 1. The highest BCUT2D eigenvalue weighted by molar-refractivity contribution is 14.0. The minimum atomic E-state index is -0.432. The van der Waals surface area contributed by atoms with Gasteiger partial charge in [-0.3, -0.25) is 4.99 Å². The van der Waals surface area contributed by atoms with Crippen molar-refractivity contribution in [2.45, 2.75) is 39.2 Å². The number of halogens is 1. The van der Waals surface area contributed by atoms with Crippen LogP contribution >= 0.6 is 24.0 Å². The summed E-state index contributed by atoms with van der Waals surface area (Å²) in [6.07, 6.45) is 2.74. The third-order valence-electron chi connectivity index (χ3n) is 4.06. The number of rotatable bonds is 5. The van der Waals surface area contributed by atoms with Crippen LogP contribution in [0.3, 0.4) is 0 Å². The molecule has 0 saturated carbocycles. The van der Waals surface area contributed by atoms with Gasteiger partial charge in [0.1, 0.15) is 0 Å². The molecule has 4 nitrogen and oxygen atoms in total. The quantitative estimate of drug-likeness (QED) is 0.428. The maximum atomic E-state index is 10.2. The predicted molar refractivity (Wildman–Crippen MR) is 108 cm³/mol. The number of likely N-dealkylation sites (tertiary alicyclic amines) is 1. The minimum absolute atomic E-state index is 0. The molecule has 0 aromatic heterocycles. The molecule has 1 aliphatic heterocycles. The summed E-state index contributed by atoms with van der Waals surface area (Å²) in [5.74, 6) is 1.66. The van der Waals surface area contributed by atoms with Gasteiger partial charge in [0, 0.05) is 26.1 Å². The average Bonchev–Trinajstić information content (AvgIpc) is 2.52. The SMILES string of the molecule is CCNC(=NCC(O)Cc1ccccc1)N1CCCC(C)C1.I. The van der Waals surface area contributed by atoms with E-state index in [9.17, 15) is 5.11 Å². The summed E-state index contributed by atoms with van der Waals surface area (Å²) in [5, 5.41) is 13.6. The second kappa shape index (κ2) is 10.9. The maximum Gasteiger partial charge on any atom is 0.194 e. The van der Waals surface area contributed by atoms with Crippen LogP contribution in [0.1, 0.15) is 32.3 Å². The van der Waals surface area contributed by atoms with Gasteiger partial charge < -0.3 is 15.3 Å². The summed E-state index contributed by atoms with van der Waals surface area (Å²) in [6, 6.07) is 10.1. The summed E-state index contributed by atoms with van der Waals surface area (Å²) in [7, 11) is 0. The summed E-state index contributed by atoms with van der Waals surface area (Å²) in [6.45, 7) is 7.80. The van der Waals surface area contributed by atoms with Crippen LogP contribution in [0.15, 0.2) is 35.3 Å². The largest absolute Gasteiger partial charge is 0.391 e. The predicted octanol–water partition coefficient (Wildman–Crippen LogP) is 2.91. The highest BCUT2D eigenvalue weighted by Crippen LogP contribution is 2.15. The highest BCUT2D eigenvalue weighted by atomic mass is 127. The topological polar surface area (TPSA) is 47.9 Å². The van der Waals surface area contributed by atoms with Crippen molar-refractivity contribution < 1.29 is 5.11 Å². The van der Waals surface area contributed by atoms with Crippen LogP contribution < -0.4 is 5.32 Å². The Morgan fingerprint density at radius 3 is 2.78 bits per heavy atom. The molecule has 1 saturated heterocycles. The molecule has 2 N–H and O–H groups in total. The molecule has 1 aromatic rings. The zero-order valence-corrected chi connectivity index (χ0v) is 16.6. The van der Waals surface area contributed by atoms with Crippen LogP contribution in [-0.2, 0) is 6.42 Å². The summed E-state index contributed by atoms with van der Waals surface area (Å²) >= 11 is 0. The molecule has 2 unspecified atom stereocenters. The van der Waals surface area contributed by atoms with Crippen molar-refractivity contribution in [1.82, 2.24) is 10.2 Å². The Morgan fingerprint density at radius 2 is 2.13 bits per heavy atom. The number of hydrogen-bond donors (Lipinski definition) is 2. The highest BCUT2D eigenvalue weighted by Gasteiger charge is 2.19. The molecular formula is C18H30IN3O. The normalized spacial score (nSPS) is 19.9. The van der Waals surface area contributed by atoms with E-state index < -0.39 is 6.10 Å². The second-order valence-corrected chi connectivity index (χ2v) is 6.23. The van der Waals surface area contributed by atoms with Crippen molar-refractivity contribution in [3.8, 4) is 0 Å². The number of guanidine groups is 1. The fourth-order valence-electron chi connectivity index (χ4n) is 2.95. The van der Waals surface area contributed by atoms with E-state index in [1.54, 1.807) is 0 Å². The summed E-state index contributed by atoms with van der Waals surface area (Å²) in [4.78, 5) is 6.98. The van der Waals surface area contributed by atoms with E-state index in [-0.39, 0.29) is 24.0 Å². The van der Waals surface area contributed by atoms with Gasteiger partial charge >= 0.3 is 0 Å². The van der Waals surface area contributed by atoms with E-state index in [4.69, 9.17) is 0 Å². The smallest absolute Gasteiger partial charge is 0.194 e. The third kappa shape index (κ3) is 7.08. The fourth-order valence-corrected chi connectivity index (χ4v) is 2.95. The molecule has 0 bridgehead atoms. The number of nitrogens with zero attached hydrogens (tertiary/aromatic N) is 2. The molecule has 23 heavy (non-hydrogen) atoms. The minimum Gasteiger partial charge on any atom is -0.391 e. The van der Waals surface area contributed by atoms with Crippen LogP contribution in [0.25, 0.3) is 0 Å². The van der Waals surface area contributed by atoms with Crippen LogP contribution in [0.5, 0.6) is 0 Å². The molecule has 2 rings (SSSR count). The first-order chi connectivity index (χ1) is 10.7. The maximum absolute atomic E-state index is 10.2. The molecule has 0 aliphatic carbocycles. The van der Waals surface area contributed by atoms with Crippen molar-refractivity contribution in [3.05, 3.63) is 35.9 Å². The fraction of sp³-hybridized carbons (Fsp3) is 0.611. The van der Waals surface area contributed by atoms with Crippen molar-refractivity contribution in [2.75, 3.05) is 26.2 Å². The molecular weight excluding hydrogens is 401 g/mol. The number of aliphatic imine (C=N–C) groups is 1. The Hall–Kier alpha value is -0.820. The number of hydrogen-bond acceptors (Lipinski definition) is 2. The van der Waals surface area contributed by atoms with Crippen molar-refractivity contribution >= 4 is 29.9 Å². The molecule has 1 fully saturated rings. The zero-order valence-electron chi connectivity index (χ0n) is 14.2. The van der Waals surface area contributed by atoms with Gasteiger partial charge in [0.2, 0.25) is 0 Å². The van der Waals surface area contributed by atoms with Crippen LogP contribution in [0, 0.1) is 5.92 Å². The number of aliphatic hydroxyl groups is 1. The Bertz CT molecular complexity index is 467. The van der Waals surface area contributed by atoms with Gasteiger partial charge in [0.15, 0.2) is 5.96 Å². The Kier molecular flexibility index (Phi) is 9.55. The molecule has 130 valence electrons. The number of piperidine rings is 1. The molecule has 0 radical (unpaired) electrons. The van der Waals surface area contributed by atoms with Gasteiger partial charge in [-0.25, -0.2) is 0 Å². The monoisotopic (exact) mass is 431 g/mol. The lowest BCUT2D eigenvalue weighted by Gasteiger charge is -2.33. The van der Waals surface area contributed by atoms with Gasteiger partial charge in [-0.1, -0.05) is 37.3 Å². The average molecular weight is 431 g/mol. The molecule has 5 heteroatoms. The lowest BCUT2D eigenvalue weighted by atomic mass is 10.0. The van der Waals surface area contributed by atoms with E-state index in [1.165, 1.54) is 12.8 Å². The number of benzene rings is 1. The third-order valence-corrected chi connectivity index (χ3v) is 4.06. The zero-order chi connectivity index (χ0) is 15.8. The first-order valence-electron chi connectivity index (χ1n) is 8.44. The molecule has 0 amide bonds. The van der Waals surface area contributed by atoms with Gasteiger partial charge in [-0.15, -0.1) is 24.0 Å². The Labute approximate surface area is 157 Å². The second-order valence-electron chi connectivity index (χ2n) is 6.23. The Balaban J connectivity index is 0.00000264. The molecule has 1 aromatic carbocycles. The van der Waals surface area contributed by atoms with Crippen molar-refractivity contribution in [3.63, 3.8) is 0 Å². The number of aliphatic hydroxyl groups excluding tert-OH is 1. The van der Waals surface area contributed by atoms with Gasteiger partial charge in [-0.05, 0) is 31.2 Å². The van der Waals surface area contributed by atoms with Gasteiger partial charge in [0.05, 0.1) is 12.6 Å².